The van der Waals surface area contributed by atoms with Crippen LogP contribution in [0, 0.1) is 0 Å². The topological polar surface area (TPSA) is 61.6 Å². The lowest BCUT2D eigenvalue weighted by Crippen LogP contribution is -2.57. The van der Waals surface area contributed by atoms with Crippen molar-refractivity contribution in [2.45, 2.75) is 45.7 Å². The summed E-state index contributed by atoms with van der Waals surface area (Å²) in [5.74, 6) is 0. The van der Waals surface area contributed by atoms with Gasteiger partial charge in [-0.2, -0.15) is 0 Å². The minimum absolute atomic E-state index is 0. The van der Waals surface area contributed by atoms with Gasteiger partial charge in [0.25, 0.3) is 0 Å². The summed E-state index contributed by atoms with van der Waals surface area (Å²) >= 11 is 0. The highest BCUT2D eigenvalue weighted by Gasteiger charge is 2.25. The van der Waals surface area contributed by atoms with Gasteiger partial charge in [0, 0.05) is 43.8 Å². The first-order chi connectivity index (χ1) is 8.07. The van der Waals surface area contributed by atoms with Crippen LogP contribution in [0.5, 0.6) is 0 Å². The molecule has 0 saturated carbocycles. The molecular formula is C13H29ClN4O. The Morgan fingerprint density at radius 2 is 1.58 bits per heavy atom. The predicted molar refractivity (Wildman–Crippen MR) is 81.8 cm³/mol. The number of nitrogens with zero attached hydrogens (tertiary/aromatic N) is 2. The molecule has 0 aromatic rings. The maximum Gasteiger partial charge on any atom is 0.317 e. The molecule has 5 nitrogen and oxygen atoms in total. The van der Waals surface area contributed by atoms with E-state index in [9.17, 15) is 4.79 Å². The summed E-state index contributed by atoms with van der Waals surface area (Å²) in [6.07, 6.45) is 0. The van der Waals surface area contributed by atoms with Gasteiger partial charge < -0.3 is 16.0 Å². The van der Waals surface area contributed by atoms with Crippen LogP contribution in [0.15, 0.2) is 0 Å². The highest BCUT2D eigenvalue weighted by molar-refractivity contribution is 5.85. The molecule has 0 bridgehead atoms. The van der Waals surface area contributed by atoms with E-state index in [0.29, 0.717) is 0 Å². The largest absolute Gasteiger partial charge is 0.333 e. The predicted octanol–water partition coefficient (Wildman–Crippen LogP) is 1.27. The zero-order chi connectivity index (χ0) is 14.0. The summed E-state index contributed by atoms with van der Waals surface area (Å²) in [6.45, 7) is 14.3. The van der Waals surface area contributed by atoms with Crippen molar-refractivity contribution in [1.29, 1.82) is 0 Å². The van der Waals surface area contributed by atoms with Crippen LogP contribution in [-0.2, 0) is 0 Å². The zero-order valence-corrected chi connectivity index (χ0v) is 13.6. The Kier molecular flexibility index (Phi) is 6.59. The smallest absolute Gasteiger partial charge is 0.317 e. The van der Waals surface area contributed by atoms with Gasteiger partial charge in [0.1, 0.15) is 0 Å². The van der Waals surface area contributed by atoms with E-state index >= 15 is 0 Å². The number of rotatable bonds is 2. The van der Waals surface area contributed by atoms with Crippen LogP contribution in [0.1, 0.15) is 34.6 Å². The zero-order valence-electron chi connectivity index (χ0n) is 12.8. The number of hydrogen-bond donors (Lipinski definition) is 2. The molecule has 1 heterocycles. The van der Waals surface area contributed by atoms with E-state index in [1.807, 2.05) is 39.5 Å². The molecule has 114 valence electrons. The van der Waals surface area contributed by atoms with Crippen molar-refractivity contribution in [3.05, 3.63) is 0 Å². The Balaban J connectivity index is 0.00000324. The SMILES string of the molecule is CC(C)(N)CN1CCN(C(=O)NC(C)(C)C)CC1.Cl. The second kappa shape index (κ2) is 6.77. The summed E-state index contributed by atoms with van der Waals surface area (Å²) in [6, 6.07) is 0.0363. The monoisotopic (exact) mass is 292 g/mol. The number of carbonyl (C=O) groups excluding carboxylic acids is 1. The number of urea groups is 1. The summed E-state index contributed by atoms with van der Waals surface area (Å²) < 4.78 is 0. The molecule has 0 aliphatic carbocycles. The number of halogens is 1. The van der Waals surface area contributed by atoms with Gasteiger partial charge in [-0.05, 0) is 34.6 Å². The van der Waals surface area contributed by atoms with Gasteiger partial charge >= 0.3 is 6.03 Å². The first kappa shape index (κ1) is 18.5. The third-order valence-corrected chi connectivity index (χ3v) is 2.77. The fourth-order valence-corrected chi connectivity index (χ4v) is 2.09. The molecule has 1 aliphatic heterocycles. The molecule has 1 fully saturated rings. The fourth-order valence-electron chi connectivity index (χ4n) is 2.09. The van der Waals surface area contributed by atoms with Crippen LogP contribution in [0.4, 0.5) is 4.79 Å². The van der Waals surface area contributed by atoms with Crippen LogP contribution in [-0.4, -0.2) is 59.6 Å². The molecule has 2 amide bonds. The van der Waals surface area contributed by atoms with Crippen LogP contribution in [0.25, 0.3) is 0 Å². The van der Waals surface area contributed by atoms with Crippen molar-refractivity contribution in [2.24, 2.45) is 5.73 Å². The van der Waals surface area contributed by atoms with Crippen LogP contribution >= 0.6 is 12.4 Å². The maximum atomic E-state index is 12.0. The minimum Gasteiger partial charge on any atom is -0.333 e. The third-order valence-electron chi connectivity index (χ3n) is 2.77. The van der Waals surface area contributed by atoms with Gasteiger partial charge in [-0.3, -0.25) is 4.90 Å². The van der Waals surface area contributed by atoms with E-state index in [1.54, 1.807) is 0 Å². The Bertz CT molecular complexity index is 288. The second-order valence-corrected chi connectivity index (χ2v) is 6.93. The number of hydrogen-bond acceptors (Lipinski definition) is 3. The number of nitrogens with two attached hydrogens (primary N) is 1. The van der Waals surface area contributed by atoms with Crippen LogP contribution in [0.3, 0.4) is 0 Å². The van der Waals surface area contributed by atoms with Gasteiger partial charge in [-0.1, -0.05) is 0 Å². The van der Waals surface area contributed by atoms with Crippen molar-refractivity contribution in [3.8, 4) is 0 Å². The molecule has 0 atom stereocenters. The van der Waals surface area contributed by atoms with E-state index in [2.05, 4.69) is 10.2 Å². The summed E-state index contributed by atoms with van der Waals surface area (Å²) in [4.78, 5) is 16.2. The van der Waals surface area contributed by atoms with Crippen molar-refractivity contribution in [1.82, 2.24) is 15.1 Å². The first-order valence-electron chi connectivity index (χ1n) is 6.65. The molecule has 3 N–H and O–H groups in total. The molecule has 6 heteroatoms. The Morgan fingerprint density at radius 1 is 1.11 bits per heavy atom. The lowest BCUT2D eigenvalue weighted by Gasteiger charge is -2.38. The highest BCUT2D eigenvalue weighted by atomic mass is 35.5. The first-order valence-corrected chi connectivity index (χ1v) is 6.65. The highest BCUT2D eigenvalue weighted by Crippen LogP contribution is 2.08. The Hall–Kier alpha value is -0.520. The normalized spacial score (nSPS) is 17.9. The molecule has 1 rings (SSSR count). The summed E-state index contributed by atoms with van der Waals surface area (Å²) in [5, 5.41) is 3.00. The maximum absolute atomic E-state index is 12.0. The summed E-state index contributed by atoms with van der Waals surface area (Å²) in [5.41, 5.74) is 5.67. The molecule has 0 aromatic carbocycles. The quantitative estimate of drug-likeness (QED) is 0.806. The lowest BCUT2D eigenvalue weighted by molar-refractivity contribution is 0.122. The molecule has 0 unspecified atom stereocenters. The van der Waals surface area contributed by atoms with Gasteiger partial charge in [-0.15, -0.1) is 12.4 Å². The Labute approximate surface area is 123 Å². The molecule has 0 aromatic heterocycles. The molecule has 0 radical (unpaired) electrons. The average Bonchev–Trinajstić information content (AvgIpc) is 2.13. The lowest BCUT2D eigenvalue weighted by atomic mass is 10.1. The van der Waals surface area contributed by atoms with Gasteiger partial charge in [-0.25, -0.2) is 4.79 Å². The number of nitrogens with one attached hydrogen (secondary N) is 1. The van der Waals surface area contributed by atoms with Gasteiger partial charge in [0.05, 0.1) is 0 Å². The van der Waals surface area contributed by atoms with Crippen LogP contribution in [0.2, 0.25) is 0 Å². The number of carbonyl (C=O) groups is 1. The van der Waals surface area contributed by atoms with Crippen molar-refractivity contribution in [3.63, 3.8) is 0 Å². The minimum atomic E-state index is -0.173. The average molecular weight is 293 g/mol. The molecular weight excluding hydrogens is 264 g/mol. The van der Waals surface area contributed by atoms with Gasteiger partial charge in [0.2, 0.25) is 0 Å². The Morgan fingerprint density at radius 3 is 1.95 bits per heavy atom. The second-order valence-electron chi connectivity index (χ2n) is 6.93. The van der Waals surface area contributed by atoms with E-state index in [4.69, 9.17) is 5.73 Å². The fraction of sp³-hybridized carbons (Fsp3) is 0.923. The molecule has 19 heavy (non-hydrogen) atoms. The van der Waals surface area contributed by atoms with Crippen LogP contribution < -0.4 is 11.1 Å². The van der Waals surface area contributed by atoms with Crippen molar-refractivity contribution in [2.75, 3.05) is 32.7 Å². The van der Waals surface area contributed by atoms with Crippen molar-refractivity contribution >= 4 is 18.4 Å². The van der Waals surface area contributed by atoms with Crippen molar-refractivity contribution < 1.29 is 4.79 Å². The van der Waals surface area contributed by atoms with E-state index in [1.165, 1.54) is 0 Å². The molecule has 1 saturated heterocycles. The molecule has 1 aliphatic rings. The van der Waals surface area contributed by atoms with Gasteiger partial charge in [0.15, 0.2) is 0 Å². The number of amides is 2. The van der Waals surface area contributed by atoms with E-state index in [-0.39, 0.29) is 29.5 Å². The number of piperazine rings is 1. The van der Waals surface area contributed by atoms with E-state index < -0.39 is 0 Å². The van der Waals surface area contributed by atoms with E-state index in [0.717, 1.165) is 32.7 Å². The summed E-state index contributed by atoms with van der Waals surface area (Å²) in [7, 11) is 0. The standard InChI is InChI=1S/C13H28N4O.ClH/c1-12(2,3)15-11(18)17-8-6-16(7-9-17)10-13(4,5)14;/h6-10,14H2,1-5H3,(H,15,18);1H. The molecule has 0 spiro atoms. The third kappa shape index (κ3) is 7.60.